The van der Waals surface area contributed by atoms with Gasteiger partial charge in [-0.25, -0.2) is 0 Å². The lowest BCUT2D eigenvalue weighted by atomic mass is 10.1. The molecule has 1 saturated heterocycles. The number of carbonyl (C=O) groups excluding carboxylic acids is 1. The number of hydrogen-bond acceptors (Lipinski definition) is 3. The van der Waals surface area contributed by atoms with Crippen molar-refractivity contribution in [2.75, 3.05) is 13.1 Å². The number of benzene rings is 1. The number of aromatic nitrogens is 2. The second kappa shape index (κ2) is 8.30. The van der Waals surface area contributed by atoms with E-state index in [0.717, 1.165) is 24.4 Å². The predicted octanol–water partition coefficient (Wildman–Crippen LogP) is 3.07. The van der Waals surface area contributed by atoms with Gasteiger partial charge in [-0.1, -0.05) is 18.6 Å². The third kappa shape index (κ3) is 5.16. The van der Waals surface area contributed by atoms with Crippen LogP contribution in [0.1, 0.15) is 53.5 Å². The summed E-state index contributed by atoms with van der Waals surface area (Å²) in [4.78, 5) is 14.9. The van der Waals surface area contributed by atoms with E-state index in [1.54, 1.807) is 0 Å². The zero-order valence-corrected chi connectivity index (χ0v) is 15.2. The molecule has 5 nitrogen and oxygen atoms in total. The second-order valence-electron chi connectivity index (χ2n) is 7.15. The number of piperidine rings is 1. The van der Waals surface area contributed by atoms with Gasteiger partial charge in [0.25, 0.3) is 5.91 Å². The van der Waals surface area contributed by atoms with Crippen LogP contribution < -0.4 is 5.32 Å². The van der Waals surface area contributed by atoms with E-state index in [1.807, 2.05) is 32.0 Å². The summed E-state index contributed by atoms with van der Waals surface area (Å²) >= 11 is 0. The quantitative estimate of drug-likeness (QED) is 0.849. The summed E-state index contributed by atoms with van der Waals surface area (Å²) in [6.07, 6.45) is 4.68. The maximum absolute atomic E-state index is 12.4. The Morgan fingerprint density at radius 1 is 1.24 bits per heavy atom. The third-order valence-corrected chi connectivity index (χ3v) is 4.72. The Morgan fingerprint density at radius 3 is 2.60 bits per heavy atom. The van der Waals surface area contributed by atoms with Gasteiger partial charge in [-0.3, -0.25) is 14.8 Å². The van der Waals surface area contributed by atoms with Crippen LogP contribution in [-0.4, -0.2) is 40.1 Å². The maximum atomic E-state index is 12.4. The van der Waals surface area contributed by atoms with Crippen molar-refractivity contribution in [3.63, 3.8) is 0 Å². The molecule has 0 radical (unpaired) electrons. The highest BCUT2D eigenvalue weighted by atomic mass is 16.1. The van der Waals surface area contributed by atoms with Gasteiger partial charge in [-0.15, -0.1) is 0 Å². The molecule has 1 amide bonds. The summed E-state index contributed by atoms with van der Waals surface area (Å²) < 4.78 is 0. The average Bonchev–Trinajstić information content (AvgIpc) is 3.01. The van der Waals surface area contributed by atoms with Gasteiger partial charge in [-0.2, -0.15) is 5.10 Å². The van der Waals surface area contributed by atoms with Crippen LogP contribution in [0.3, 0.4) is 0 Å². The van der Waals surface area contributed by atoms with E-state index < -0.39 is 0 Å². The number of carbonyl (C=O) groups is 1. The number of amides is 1. The molecule has 5 heteroatoms. The van der Waals surface area contributed by atoms with Crippen molar-refractivity contribution >= 4 is 5.91 Å². The number of nitrogens with one attached hydrogen (secondary N) is 2. The number of aromatic amines is 1. The van der Waals surface area contributed by atoms with E-state index in [2.05, 4.69) is 32.5 Å². The van der Waals surface area contributed by atoms with Crippen molar-refractivity contribution in [1.82, 2.24) is 20.4 Å². The molecular formula is C20H28N4O. The Kier molecular flexibility index (Phi) is 5.87. The minimum absolute atomic E-state index is 0.0238. The molecule has 1 aromatic heterocycles. The largest absolute Gasteiger partial charge is 0.349 e. The van der Waals surface area contributed by atoms with E-state index in [-0.39, 0.29) is 11.9 Å². The van der Waals surface area contributed by atoms with Crippen LogP contribution in [-0.2, 0) is 13.0 Å². The first kappa shape index (κ1) is 17.7. The summed E-state index contributed by atoms with van der Waals surface area (Å²) in [6.45, 7) is 7.34. The van der Waals surface area contributed by atoms with Gasteiger partial charge in [0.2, 0.25) is 0 Å². The number of likely N-dealkylation sites (tertiary alicyclic amines) is 1. The van der Waals surface area contributed by atoms with E-state index in [9.17, 15) is 4.79 Å². The van der Waals surface area contributed by atoms with Crippen molar-refractivity contribution in [2.45, 2.75) is 52.1 Å². The highest BCUT2D eigenvalue weighted by molar-refractivity contribution is 5.94. The Labute approximate surface area is 149 Å². The number of rotatable bonds is 6. The monoisotopic (exact) mass is 340 g/mol. The van der Waals surface area contributed by atoms with Gasteiger partial charge in [0, 0.05) is 30.3 Å². The van der Waals surface area contributed by atoms with Crippen molar-refractivity contribution in [3.05, 3.63) is 52.8 Å². The SMILES string of the molecule is Cc1cc(C[C@H](C)NC(=O)c2ccc(CN3CCCCC3)cc2)n[nH]1. The lowest BCUT2D eigenvalue weighted by molar-refractivity contribution is 0.0940. The Balaban J connectivity index is 1.51. The predicted molar refractivity (Wildman–Crippen MR) is 99.5 cm³/mol. The molecule has 0 spiro atoms. The first-order chi connectivity index (χ1) is 12.1. The van der Waals surface area contributed by atoms with Crippen molar-refractivity contribution in [1.29, 1.82) is 0 Å². The molecule has 2 N–H and O–H groups in total. The molecular weight excluding hydrogens is 312 g/mol. The minimum atomic E-state index is -0.0238. The Morgan fingerprint density at radius 2 is 1.96 bits per heavy atom. The lowest BCUT2D eigenvalue weighted by Crippen LogP contribution is -2.34. The molecule has 0 saturated carbocycles. The average molecular weight is 340 g/mol. The first-order valence-corrected chi connectivity index (χ1v) is 9.23. The molecule has 1 fully saturated rings. The van der Waals surface area contributed by atoms with Gasteiger partial charge >= 0.3 is 0 Å². The lowest BCUT2D eigenvalue weighted by Gasteiger charge is -2.26. The van der Waals surface area contributed by atoms with Crippen LogP contribution >= 0.6 is 0 Å². The third-order valence-electron chi connectivity index (χ3n) is 4.72. The summed E-state index contributed by atoms with van der Waals surface area (Å²) in [6, 6.07) is 10.1. The van der Waals surface area contributed by atoms with Gasteiger partial charge in [0.15, 0.2) is 0 Å². The number of nitrogens with zero attached hydrogens (tertiary/aromatic N) is 2. The highest BCUT2D eigenvalue weighted by Gasteiger charge is 2.13. The fourth-order valence-corrected chi connectivity index (χ4v) is 3.39. The molecule has 3 rings (SSSR count). The van der Waals surface area contributed by atoms with Crippen molar-refractivity contribution < 1.29 is 4.79 Å². The first-order valence-electron chi connectivity index (χ1n) is 9.23. The molecule has 0 bridgehead atoms. The van der Waals surface area contributed by atoms with Gasteiger partial charge in [-0.05, 0) is 63.5 Å². The van der Waals surface area contributed by atoms with Gasteiger partial charge < -0.3 is 5.32 Å². The Bertz CT molecular complexity index is 686. The molecule has 134 valence electrons. The van der Waals surface area contributed by atoms with Crippen molar-refractivity contribution in [3.8, 4) is 0 Å². The zero-order chi connectivity index (χ0) is 17.6. The van der Waals surface area contributed by atoms with Crippen LogP contribution in [0, 0.1) is 6.92 Å². The normalized spacial score (nSPS) is 16.6. The highest BCUT2D eigenvalue weighted by Crippen LogP contribution is 2.14. The number of aryl methyl sites for hydroxylation is 1. The number of H-pyrrole nitrogens is 1. The summed E-state index contributed by atoms with van der Waals surface area (Å²) in [5, 5.41) is 10.2. The minimum Gasteiger partial charge on any atom is -0.349 e. The standard InChI is InChI=1S/C20H28N4O/c1-15(12-19-13-16(2)22-23-19)21-20(25)18-8-6-17(7-9-18)14-24-10-4-3-5-11-24/h6-9,13,15H,3-5,10-12,14H2,1-2H3,(H,21,25)(H,22,23)/t15-/m0/s1. The van der Waals surface area contributed by atoms with Crippen molar-refractivity contribution in [2.24, 2.45) is 0 Å². The molecule has 1 atom stereocenters. The van der Waals surface area contributed by atoms with E-state index in [4.69, 9.17) is 0 Å². The maximum Gasteiger partial charge on any atom is 0.251 e. The van der Waals surface area contributed by atoms with Crippen LogP contribution in [0.2, 0.25) is 0 Å². The summed E-state index contributed by atoms with van der Waals surface area (Å²) in [7, 11) is 0. The molecule has 0 unspecified atom stereocenters. The fraction of sp³-hybridized carbons (Fsp3) is 0.500. The Hall–Kier alpha value is -2.14. The second-order valence-corrected chi connectivity index (χ2v) is 7.15. The number of hydrogen-bond donors (Lipinski definition) is 2. The topological polar surface area (TPSA) is 61.0 Å². The van der Waals surface area contributed by atoms with Crippen LogP contribution in [0.15, 0.2) is 30.3 Å². The smallest absolute Gasteiger partial charge is 0.251 e. The van der Waals surface area contributed by atoms with E-state index in [1.165, 1.54) is 37.9 Å². The molecule has 2 aromatic rings. The van der Waals surface area contributed by atoms with Crippen LogP contribution in [0.5, 0.6) is 0 Å². The molecule has 1 aliphatic heterocycles. The van der Waals surface area contributed by atoms with Crippen LogP contribution in [0.25, 0.3) is 0 Å². The molecule has 1 aromatic carbocycles. The summed E-state index contributed by atoms with van der Waals surface area (Å²) in [5.74, 6) is -0.0238. The molecule has 25 heavy (non-hydrogen) atoms. The van der Waals surface area contributed by atoms with Gasteiger partial charge in [0.1, 0.15) is 0 Å². The molecule has 0 aliphatic carbocycles. The van der Waals surface area contributed by atoms with Gasteiger partial charge in [0.05, 0.1) is 5.69 Å². The zero-order valence-electron chi connectivity index (χ0n) is 15.2. The fourth-order valence-electron chi connectivity index (χ4n) is 3.39. The molecule has 1 aliphatic rings. The van der Waals surface area contributed by atoms with Crippen LogP contribution in [0.4, 0.5) is 0 Å². The summed E-state index contributed by atoms with van der Waals surface area (Å²) in [5.41, 5.74) is 4.01. The molecule has 2 heterocycles. The van der Waals surface area contributed by atoms with E-state index in [0.29, 0.717) is 5.56 Å². The van der Waals surface area contributed by atoms with E-state index >= 15 is 0 Å².